The molecule has 1 atom stereocenters. The van der Waals surface area contributed by atoms with E-state index in [4.69, 9.17) is 16.3 Å². The summed E-state index contributed by atoms with van der Waals surface area (Å²) in [6, 6.07) is 14.6. The van der Waals surface area contributed by atoms with Crippen molar-refractivity contribution in [2.45, 2.75) is 19.4 Å². The number of benzene rings is 2. The predicted octanol–water partition coefficient (Wildman–Crippen LogP) is 5.00. The Bertz CT molecular complexity index is 775. The monoisotopic (exact) mass is 374 g/mol. The van der Waals surface area contributed by atoms with Gasteiger partial charge in [-0.1, -0.05) is 30.3 Å². The zero-order valence-electron chi connectivity index (χ0n) is 14.1. The first-order chi connectivity index (χ1) is 12.1. The highest BCUT2D eigenvalue weighted by Gasteiger charge is 2.34. The van der Waals surface area contributed by atoms with Crippen molar-refractivity contribution >= 4 is 40.1 Å². The summed E-state index contributed by atoms with van der Waals surface area (Å²) in [7, 11) is 1.63. The number of aliphatic imine (C=N–C) groups is 1. The van der Waals surface area contributed by atoms with Gasteiger partial charge in [0.1, 0.15) is 5.75 Å². The minimum absolute atomic E-state index is 0.0409. The molecule has 1 fully saturated rings. The van der Waals surface area contributed by atoms with Gasteiger partial charge in [-0.3, -0.25) is 9.69 Å². The first kappa shape index (κ1) is 17.8. The molecule has 1 saturated heterocycles. The number of rotatable bonds is 4. The van der Waals surface area contributed by atoms with E-state index in [0.717, 1.165) is 28.8 Å². The van der Waals surface area contributed by atoms with Crippen molar-refractivity contribution in [1.29, 1.82) is 0 Å². The maximum Gasteiger partial charge on any atom is 0.260 e. The Balaban J connectivity index is 1.90. The second kappa shape index (κ2) is 7.93. The smallest absolute Gasteiger partial charge is 0.260 e. The number of carbonyl (C=O) groups is 1. The molecule has 0 radical (unpaired) electrons. The summed E-state index contributed by atoms with van der Waals surface area (Å²) in [5.74, 6) is 1.59. The average Bonchev–Trinajstić information content (AvgIpc) is 3.05. The minimum Gasteiger partial charge on any atom is -0.497 e. The van der Waals surface area contributed by atoms with Gasteiger partial charge >= 0.3 is 0 Å². The molecule has 1 aliphatic heterocycles. The van der Waals surface area contributed by atoms with Crippen molar-refractivity contribution < 1.29 is 9.53 Å². The van der Waals surface area contributed by atoms with Crippen LogP contribution in [0.5, 0.6) is 5.75 Å². The molecule has 1 aliphatic rings. The lowest BCUT2D eigenvalue weighted by molar-refractivity contribution is 0.0819. The first-order valence-electron chi connectivity index (χ1n) is 8.07. The summed E-state index contributed by atoms with van der Waals surface area (Å²) >= 11 is 7.54. The Hall–Kier alpha value is -1.98. The van der Waals surface area contributed by atoms with E-state index in [-0.39, 0.29) is 11.9 Å². The molecule has 1 heterocycles. The second-order valence-electron chi connectivity index (χ2n) is 5.65. The van der Waals surface area contributed by atoms with E-state index in [0.29, 0.717) is 10.6 Å². The van der Waals surface area contributed by atoms with Gasteiger partial charge in [-0.25, -0.2) is 4.99 Å². The summed E-state index contributed by atoms with van der Waals surface area (Å²) in [6.07, 6.45) is 0.883. The van der Waals surface area contributed by atoms with Gasteiger partial charge in [-0.05, 0) is 55.0 Å². The molecule has 2 aromatic rings. The van der Waals surface area contributed by atoms with Crippen LogP contribution in [-0.4, -0.2) is 34.9 Å². The van der Waals surface area contributed by atoms with Crippen LogP contribution in [0.4, 0.5) is 5.69 Å². The molecule has 0 bridgehead atoms. The lowest BCUT2D eigenvalue weighted by Crippen LogP contribution is -2.39. The van der Waals surface area contributed by atoms with Crippen molar-refractivity contribution in [2.75, 3.05) is 12.9 Å². The van der Waals surface area contributed by atoms with Crippen LogP contribution in [-0.2, 0) is 0 Å². The summed E-state index contributed by atoms with van der Waals surface area (Å²) in [5, 5.41) is 1.35. The van der Waals surface area contributed by atoms with Crippen LogP contribution in [0.2, 0.25) is 5.02 Å². The van der Waals surface area contributed by atoms with Gasteiger partial charge in [-0.2, -0.15) is 0 Å². The van der Waals surface area contributed by atoms with Crippen molar-refractivity contribution in [3.63, 3.8) is 0 Å². The fourth-order valence-electron chi connectivity index (χ4n) is 2.61. The van der Waals surface area contributed by atoms with E-state index >= 15 is 0 Å². The number of hydrogen-bond acceptors (Lipinski definition) is 4. The fourth-order valence-corrected chi connectivity index (χ4v) is 4.00. The Morgan fingerprint density at radius 3 is 2.52 bits per heavy atom. The molecule has 0 unspecified atom stereocenters. The minimum atomic E-state index is -0.0409. The van der Waals surface area contributed by atoms with Gasteiger partial charge in [0.15, 0.2) is 5.17 Å². The SMILES string of the molecule is CC[C@H]1CSC(=Nc2ccc(OC)cc2)N1C(=O)c1ccc(Cl)cc1. The molecule has 4 nitrogen and oxygen atoms in total. The fraction of sp³-hybridized carbons (Fsp3) is 0.263. The van der Waals surface area contributed by atoms with Gasteiger partial charge in [0.2, 0.25) is 0 Å². The lowest BCUT2D eigenvalue weighted by atomic mass is 10.1. The molecule has 25 heavy (non-hydrogen) atoms. The number of thioether (sulfide) groups is 1. The molecule has 1 amide bonds. The van der Waals surface area contributed by atoms with E-state index in [9.17, 15) is 4.79 Å². The molecule has 130 valence electrons. The van der Waals surface area contributed by atoms with E-state index in [2.05, 4.69) is 11.9 Å². The maximum atomic E-state index is 13.0. The number of amidine groups is 1. The molecule has 2 aromatic carbocycles. The Morgan fingerprint density at radius 1 is 1.24 bits per heavy atom. The average molecular weight is 375 g/mol. The van der Waals surface area contributed by atoms with E-state index in [1.165, 1.54) is 0 Å². The molecule has 0 N–H and O–H groups in total. The third kappa shape index (κ3) is 3.99. The summed E-state index contributed by atoms with van der Waals surface area (Å²) in [5.41, 5.74) is 1.42. The topological polar surface area (TPSA) is 41.9 Å². The number of ether oxygens (including phenoxy) is 1. The molecular formula is C19H19ClN2O2S. The van der Waals surface area contributed by atoms with Crippen molar-refractivity contribution in [3.8, 4) is 5.75 Å². The molecule has 0 aliphatic carbocycles. The summed E-state index contributed by atoms with van der Waals surface area (Å²) in [6.45, 7) is 2.09. The van der Waals surface area contributed by atoms with E-state index < -0.39 is 0 Å². The third-order valence-electron chi connectivity index (χ3n) is 4.05. The first-order valence-corrected chi connectivity index (χ1v) is 9.43. The largest absolute Gasteiger partial charge is 0.497 e. The molecule has 6 heteroatoms. The van der Waals surface area contributed by atoms with Crippen LogP contribution in [0.1, 0.15) is 23.7 Å². The van der Waals surface area contributed by atoms with Crippen LogP contribution in [0.25, 0.3) is 0 Å². The van der Waals surface area contributed by atoms with Crippen LogP contribution < -0.4 is 4.74 Å². The number of carbonyl (C=O) groups excluding carboxylic acids is 1. The summed E-state index contributed by atoms with van der Waals surface area (Å²) < 4.78 is 5.17. The highest BCUT2D eigenvalue weighted by atomic mass is 35.5. The molecule has 3 rings (SSSR count). The highest BCUT2D eigenvalue weighted by Crippen LogP contribution is 2.31. The predicted molar refractivity (Wildman–Crippen MR) is 104 cm³/mol. The normalized spacial score (nSPS) is 18.6. The van der Waals surface area contributed by atoms with E-state index in [1.807, 2.05) is 24.3 Å². The summed E-state index contributed by atoms with van der Waals surface area (Å²) in [4.78, 5) is 19.5. The Labute approximate surface area is 156 Å². The van der Waals surface area contributed by atoms with Crippen molar-refractivity contribution in [1.82, 2.24) is 4.90 Å². The van der Waals surface area contributed by atoms with Gasteiger partial charge in [0.25, 0.3) is 5.91 Å². The second-order valence-corrected chi connectivity index (χ2v) is 7.07. The molecule has 0 aromatic heterocycles. The standard InChI is InChI=1S/C19H19ClN2O2S/c1-3-16-12-25-19(21-15-8-10-17(24-2)11-9-15)22(16)18(23)13-4-6-14(20)7-5-13/h4-11,16H,3,12H2,1-2H3/t16-/m0/s1. The number of hydrogen-bond donors (Lipinski definition) is 0. The van der Waals surface area contributed by atoms with Crippen LogP contribution in [0, 0.1) is 0 Å². The quantitative estimate of drug-likeness (QED) is 0.755. The number of halogens is 1. The molecule has 0 saturated carbocycles. The van der Waals surface area contributed by atoms with E-state index in [1.54, 1.807) is 48.0 Å². The van der Waals surface area contributed by atoms with Crippen LogP contribution >= 0.6 is 23.4 Å². The number of methoxy groups -OCH3 is 1. The van der Waals surface area contributed by atoms with Gasteiger partial charge in [-0.15, -0.1) is 0 Å². The third-order valence-corrected chi connectivity index (χ3v) is 5.40. The number of amides is 1. The van der Waals surface area contributed by atoms with Gasteiger partial charge in [0.05, 0.1) is 12.8 Å². The van der Waals surface area contributed by atoms with Gasteiger partial charge < -0.3 is 4.74 Å². The van der Waals surface area contributed by atoms with Crippen LogP contribution in [0.15, 0.2) is 53.5 Å². The molecule has 0 spiro atoms. The maximum absolute atomic E-state index is 13.0. The zero-order valence-corrected chi connectivity index (χ0v) is 15.7. The number of nitrogens with zero attached hydrogens (tertiary/aromatic N) is 2. The highest BCUT2D eigenvalue weighted by molar-refractivity contribution is 8.14. The lowest BCUT2D eigenvalue weighted by Gasteiger charge is -2.23. The van der Waals surface area contributed by atoms with Gasteiger partial charge in [0, 0.05) is 22.4 Å². The van der Waals surface area contributed by atoms with Crippen molar-refractivity contribution in [2.24, 2.45) is 4.99 Å². The Kier molecular flexibility index (Phi) is 5.66. The van der Waals surface area contributed by atoms with Crippen molar-refractivity contribution in [3.05, 3.63) is 59.1 Å². The zero-order chi connectivity index (χ0) is 17.8. The Morgan fingerprint density at radius 2 is 1.92 bits per heavy atom. The molecular weight excluding hydrogens is 356 g/mol. The van der Waals surface area contributed by atoms with Crippen LogP contribution in [0.3, 0.4) is 0 Å².